The standard InChI is InChI=1S/C27H31N3/c1-17-13-22-21(16-25(17)30-12-11-29(7)18(30)2)20-15-24-19(9-8-10-28-24)14-23(20)27(5,6)26(22,3)4/h8-16,18H,1-7H3/t18-/m0/s1. The van der Waals surface area contributed by atoms with Crippen molar-refractivity contribution < 1.29 is 0 Å². The molecule has 2 heterocycles. The molecule has 1 atom stereocenters. The summed E-state index contributed by atoms with van der Waals surface area (Å²) >= 11 is 0. The van der Waals surface area contributed by atoms with Gasteiger partial charge in [0.25, 0.3) is 0 Å². The molecular weight excluding hydrogens is 366 g/mol. The van der Waals surface area contributed by atoms with E-state index in [1.54, 1.807) is 0 Å². The van der Waals surface area contributed by atoms with Gasteiger partial charge >= 0.3 is 0 Å². The number of nitrogens with zero attached hydrogens (tertiary/aromatic N) is 3. The number of hydrogen-bond donors (Lipinski definition) is 0. The average molecular weight is 398 g/mol. The summed E-state index contributed by atoms with van der Waals surface area (Å²) in [6.45, 7) is 14.1. The third-order valence-corrected chi connectivity index (χ3v) is 8.01. The molecule has 0 radical (unpaired) electrons. The van der Waals surface area contributed by atoms with Gasteiger partial charge in [0.05, 0.1) is 5.52 Å². The lowest BCUT2D eigenvalue weighted by molar-refractivity contribution is 0.299. The lowest BCUT2D eigenvalue weighted by atomic mass is 9.55. The predicted molar refractivity (Wildman–Crippen MR) is 127 cm³/mol. The molecule has 154 valence electrons. The van der Waals surface area contributed by atoms with E-state index in [0.29, 0.717) is 6.17 Å². The summed E-state index contributed by atoms with van der Waals surface area (Å²) < 4.78 is 0. The van der Waals surface area contributed by atoms with Gasteiger partial charge in [0.1, 0.15) is 6.17 Å². The Hall–Kier alpha value is -2.81. The van der Waals surface area contributed by atoms with Crippen LogP contribution >= 0.6 is 0 Å². The van der Waals surface area contributed by atoms with Crippen molar-refractivity contribution in [2.75, 3.05) is 11.9 Å². The Bertz CT molecular complexity index is 1200. The summed E-state index contributed by atoms with van der Waals surface area (Å²) in [5.41, 5.74) is 9.21. The maximum atomic E-state index is 4.66. The van der Waals surface area contributed by atoms with Crippen LogP contribution in [0.15, 0.2) is 55.0 Å². The van der Waals surface area contributed by atoms with Crippen LogP contribution in [-0.2, 0) is 10.8 Å². The normalized spacial score (nSPS) is 21.1. The van der Waals surface area contributed by atoms with E-state index in [2.05, 4.69) is 106 Å². The van der Waals surface area contributed by atoms with Crippen LogP contribution in [-0.4, -0.2) is 23.1 Å². The summed E-state index contributed by atoms with van der Waals surface area (Å²) in [4.78, 5) is 9.28. The summed E-state index contributed by atoms with van der Waals surface area (Å²) in [5.74, 6) is 0. The Labute approximate surface area is 180 Å². The van der Waals surface area contributed by atoms with Crippen LogP contribution in [0.5, 0.6) is 0 Å². The second-order valence-electron chi connectivity index (χ2n) is 10.0. The molecule has 3 aromatic rings. The zero-order chi connectivity index (χ0) is 21.4. The van der Waals surface area contributed by atoms with Crippen molar-refractivity contribution in [1.29, 1.82) is 0 Å². The molecule has 0 fully saturated rings. The average Bonchev–Trinajstić information content (AvgIpc) is 3.04. The predicted octanol–water partition coefficient (Wildman–Crippen LogP) is 6.35. The molecule has 0 N–H and O–H groups in total. The number of rotatable bonds is 1. The minimum absolute atomic E-state index is 0.00831. The van der Waals surface area contributed by atoms with E-state index in [1.807, 2.05) is 12.3 Å². The summed E-state index contributed by atoms with van der Waals surface area (Å²) in [6, 6.07) is 13.7. The van der Waals surface area contributed by atoms with Crippen molar-refractivity contribution in [3.63, 3.8) is 0 Å². The minimum atomic E-state index is 0.00831. The fraction of sp³-hybridized carbons (Fsp3) is 0.370. The molecule has 0 amide bonds. The van der Waals surface area contributed by atoms with Crippen LogP contribution in [0.2, 0.25) is 0 Å². The van der Waals surface area contributed by atoms with Gasteiger partial charge in [-0.2, -0.15) is 0 Å². The zero-order valence-electron chi connectivity index (χ0n) is 19.1. The minimum Gasteiger partial charge on any atom is -0.359 e. The van der Waals surface area contributed by atoms with Crippen LogP contribution < -0.4 is 4.90 Å². The molecule has 0 saturated carbocycles. The van der Waals surface area contributed by atoms with E-state index < -0.39 is 0 Å². The third kappa shape index (κ3) is 2.41. The number of anilines is 1. The number of benzene rings is 2. The van der Waals surface area contributed by atoms with Gasteiger partial charge in [0.2, 0.25) is 0 Å². The first-order valence-electron chi connectivity index (χ1n) is 10.9. The quantitative estimate of drug-likeness (QED) is 0.477. The van der Waals surface area contributed by atoms with E-state index in [9.17, 15) is 0 Å². The highest BCUT2D eigenvalue weighted by Gasteiger charge is 2.46. The molecule has 1 aliphatic heterocycles. The lowest BCUT2D eigenvalue weighted by Gasteiger charge is -2.49. The fourth-order valence-electron chi connectivity index (χ4n) is 5.15. The second-order valence-corrected chi connectivity index (χ2v) is 10.0. The van der Waals surface area contributed by atoms with Crippen LogP contribution in [0.3, 0.4) is 0 Å². The first kappa shape index (κ1) is 19.2. The Kier molecular flexibility index (Phi) is 3.90. The molecule has 2 aromatic carbocycles. The molecular formula is C27H31N3. The molecule has 0 bridgehead atoms. The number of fused-ring (bicyclic) bond motifs is 4. The largest absolute Gasteiger partial charge is 0.359 e. The van der Waals surface area contributed by atoms with E-state index in [0.717, 1.165) is 5.52 Å². The first-order chi connectivity index (χ1) is 14.1. The van der Waals surface area contributed by atoms with Crippen molar-refractivity contribution in [1.82, 2.24) is 9.88 Å². The van der Waals surface area contributed by atoms with E-state index >= 15 is 0 Å². The number of aryl methyl sites for hydroxylation is 1. The second kappa shape index (κ2) is 6.10. The highest BCUT2D eigenvalue weighted by molar-refractivity contribution is 5.91. The Balaban J connectivity index is 1.82. The Morgan fingerprint density at radius 1 is 0.900 bits per heavy atom. The summed E-state index contributed by atoms with van der Waals surface area (Å²) in [7, 11) is 2.13. The Morgan fingerprint density at radius 2 is 1.57 bits per heavy atom. The SMILES string of the molecule is Cc1cc2c(cc1N1C=CN(C)[C@@H]1C)-c1cc3ncccc3cc1C(C)(C)C2(C)C. The smallest absolute Gasteiger partial charge is 0.102 e. The van der Waals surface area contributed by atoms with Gasteiger partial charge in [-0.3, -0.25) is 4.98 Å². The van der Waals surface area contributed by atoms with Crippen LogP contribution in [0.4, 0.5) is 5.69 Å². The van der Waals surface area contributed by atoms with Gasteiger partial charge in [0, 0.05) is 36.7 Å². The van der Waals surface area contributed by atoms with Gasteiger partial charge in [-0.1, -0.05) is 39.8 Å². The molecule has 0 unspecified atom stereocenters. The molecule has 3 nitrogen and oxygen atoms in total. The van der Waals surface area contributed by atoms with Crippen molar-refractivity contribution in [3.05, 3.63) is 71.7 Å². The van der Waals surface area contributed by atoms with Crippen LogP contribution in [0, 0.1) is 6.92 Å². The zero-order valence-corrected chi connectivity index (χ0v) is 19.1. The fourth-order valence-corrected chi connectivity index (χ4v) is 5.15. The van der Waals surface area contributed by atoms with E-state index in [1.165, 1.54) is 38.9 Å². The highest BCUT2D eigenvalue weighted by Crippen LogP contribution is 2.55. The summed E-state index contributed by atoms with van der Waals surface area (Å²) in [6.07, 6.45) is 6.55. The highest BCUT2D eigenvalue weighted by atomic mass is 15.4. The van der Waals surface area contributed by atoms with Gasteiger partial charge < -0.3 is 9.80 Å². The maximum absolute atomic E-state index is 4.66. The molecule has 0 spiro atoms. The first-order valence-corrected chi connectivity index (χ1v) is 10.9. The maximum Gasteiger partial charge on any atom is 0.102 e. The topological polar surface area (TPSA) is 19.4 Å². The summed E-state index contributed by atoms with van der Waals surface area (Å²) in [5, 5.41) is 1.22. The molecule has 30 heavy (non-hydrogen) atoms. The molecule has 1 aliphatic carbocycles. The van der Waals surface area contributed by atoms with Crippen molar-refractivity contribution >= 4 is 16.6 Å². The lowest BCUT2D eigenvalue weighted by Crippen LogP contribution is -2.43. The van der Waals surface area contributed by atoms with Gasteiger partial charge in [-0.05, 0) is 76.8 Å². The van der Waals surface area contributed by atoms with E-state index in [4.69, 9.17) is 0 Å². The molecule has 3 heteroatoms. The van der Waals surface area contributed by atoms with Gasteiger partial charge in [-0.15, -0.1) is 0 Å². The van der Waals surface area contributed by atoms with Crippen molar-refractivity contribution in [2.45, 2.75) is 58.5 Å². The Morgan fingerprint density at radius 3 is 2.23 bits per heavy atom. The number of hydrogen-bond acceptors (Lipinski definition) is 3. The molecule has 1 aromatic heterocycles. The molecule has 2 aliphatic rings. The molecule has 5 rings (SSSR count). The van der Waals surface area contributed by atoms with Crippen molar-refractivity contribution in [3.8, 4) is 11.1 Å². The van der Waals surface area contributed by atoms with Crippen LogP contribution in [0.25, 0.3) is 22.0 Å². The van der Waals surface area contributed by atoms with E-state index in [-0.39, 0.29) is 10.8 Å². The van der Waals surface area contributed by atoms with Crippen molar-refractivity contribution in [2.24, 2.45) is 0 Å². The monoisotopic (exact) mass is 397 g/mol. The van der Waals surface area contributed by atoms with Gasteiger partial charge in [-0.25, -0.2) is 0 Å². The van der Waals surface area contributed by atoms with Crippen LogP contribution in [0.1, 0.15) is 51.3 Å². The van der Waals surface area contributed by atoms with Gasteiger partial charge in [0.15, 0.2) is 0 Å². The third-order valence-electron chi connectivity index (χ3n) is 8.01. The number of aromatic nitrogens is 1. The number of pyridine rings is 1. The molecule has 0 saturated heterocycles.